The highest BCUT2D eigenvalue weighted by atomic mass is 31.2. The number of carboxylic acids is 1. The number of rotatable bonds is 46. The maximum absolute atomic E-state index is 12.6. The molecule has 0 fully saturated rings. The molecule has 0 aliphatic rings. The fourth-order valence-electron chi connectivity index (χ4n) is 6.38. The van der Waals surface area contributed by atoms with Gasteiger partial charge in [-0.2, -0.15) is 0 Å². The number of esters is 1. The molecule has 63 heavy (non-hydrogen) atoms. The van der Waals surface area contributed by atoms with Crippen molar-refractivity contribution in [2.45, 2.75) is 206 Å². The Morgan fingerprint density at radius 1 is 0.524 bits per heavy atom. The molecule has 0 aromatic rings. The number of ether oxygens (including phenoxy) is 2. The third-order valence-electron chi connectivity index (χ3n) is 10.2. The van der Waals surface area contributed by atoms with Crippen LogP contribution in [0.2, 0.25) is 0 Å². The first-order valence-electron chi connectivity index (χ1n) is 24.6. The molecule has 362 valence electrons. The van der Waals surface area contributed by atoms with Crippen LogP contribution in [0.4, 0.5) is 0 Å². The van der Waals surface area contributed by atoms with Crippen molar-refractivity contribution in [2.75, 3.05) is 26.4 Å². The Hall–Kier alpha value is -2.85. The molecule has 0 radical (unpaired) electrons. The fraction of sp³-hybridized carbons (Fsp3) is 0.692. The summed E-state index contributed by atoms with van der Waals surface area (Å²) < 4.78 is 33.4. The maximum Gasteiger partial charge on any atom is 0.472 e. The number of phosphoric acid groups is 1. The summed E-state index contributed by atoms with van der Waals surface area (Å²) in [6.45, 7) is 3.68. The Kier molecular flexibility index (Phi) is 45.0. The molecule has 10 nitrogen and oxygen atoms in total. The number of nitrogens with two attached hydrogens (primary N) is 1. The average molecular weight is 904 g/mol. The number of unbranched alkanes of at least 4 members (excludes halogenated alkanes) is 18. The van der Waals surface area contributed by atoms with Gasteiger partial charge in [-0.15, -0.1) is 0 Å². The highest BCUT2D eigenvalue weighted by molar-refractivity contribution is 7.47. The van der Waals surface area contributed by atoms with E-state index < -0.39 is 45.1 Å². The van der Waals surface area contributed by atoms with Crippen LogP contribution in [0.1, 0.15) is 194 Å². The topological polar surface area (TPSA) is 155 Å². The fourth-order valence-corrected chi connectivity index (χ4v) is 7.15. The molecule has 0 aliphatic heterocycles. The summed E-state index contributed by atoms with van der Waals surface area (Å²) in [6, 6.07) is -1.49. The minimum Gasteiger partial charge on any atom is -0.480 e. The van der Waals surface area contributed by atoms with Crippen LogP contribution in [0.5, 0.6) is 0 Å². The van der Waals surface area contributed by atoms with Gasteiger partial charge in [0.15, 0.2) is 0 Å². The maximum atomic E-state index is 12.6. The van der Waals surface area contributed by atoms with E-state index in [1.807, 2.05) is 6.08 Å². The van der Waals surface area contributed by atoms with Gasteiger partial charge in [0.2, 0.25) is 0 Å². The zero-order valence-electron chi connectivity index (χ0n) is 39.6. The van der Waals surface area contributed by atoms with Crippen LogP contribution < -0.4 is 5.73 Å². The lowest BCUT2D eigenvalue weighted by Gasteiger charge is -2.20. The number of hydrogen-bond acceptors (Lipinski definition) is 8. The number of phosphoric ester groups is 1. The molecule has 0 aliphatic carbocycles. The van der Waals surface area contributed by atoms with E-state index in [1.165, 1.54) is 103 Å². The molecular formula is C52H90NO9P. The van der Waals surface area contributed by atoms with Gasteiger partial charge in [-0.25, -0.2) is 4.57 Å². The standard InChI is InChI=1S/C52H90NO9P/c1-3-5-7-9-11-13-15-17-19-21-22-23-24-25-26-27-29-31-33-35-37-39-41-43-45-59-46-49(47-60-63(57,58)61-48-50(53)52(55)56)62-51(54)44-42-40-38-36-34-32-30-28-20-18-16-14-12-10-8-6-4-2/h6,8,12,14-15,17-18,20-22,30,32,36,38,49-50H,3-5,7,9-11,13,16,19,23-29,31,33-35,37,39-48,53H2,1-2H3,(H,55,56)(H,57,58)/b8-6-,14-12-,17-15-,20-18-,22-21-,32-30-,38-36-. The van der Waals surface area contributed by atoms with Gasteiger partial charge in [-0.05, 0) is 83.5 Å². The lowest BCUT2D eigenvalue weighted by atomic mass is 10.0. The molecule has 3 atom stereocenters. The third-order valence-corrected chi connectivity index (χ3v) is 11.1. The van der Waals surface area contributed by atoms with Gasteiger partial charge >= 0.3 is 19.8 Å². The molecule has 0 bridgehead atoms. The first kappa shape index (κ1) is 60.2. The Morgan fingerprint density at radius 2 is 0.921 bits per heavy atom. The van der Waals surface area contributed by atoms with Crippen molar-refractivity contribution in [3.05, 3.63) is 85.1 Å². The smallest absolute Gasteiger partial charge is 0.472 e. The molecule has 0 amide bonds. The van der Waals surface area contributed by atoms with Gasteiger partial charge in [0.1, 0.15) is 12.1 Å². The minimum atomic E-state index is -4.64. The lowest BCUT2D eigenvalue weighted by molar-refractivity contribution is -0.154. The van der Waals surface area contributed by atoms with Crippen molar-refractivity contribution < 1.29 is 42.7 Å². The van der Waals surface area contributed by atoms with Gasteiger partial charge in [-0.3, -0.25) is 18.6 Å². The summed E-state index contributed by atoms with van der Waals surface area (Å²) in [5, 5.41) is 8.92. The van der Waals surface area contributed by atoms with E-state index in [9.17, 15) is 19.0 Å². The summed E-state index contributed by atoms with van der Waals surface area (Å²) in [5.74, 6) is -1.84. The van der Waals surface area contributed by atoms with Gasteiger partial charge in [0, 0.05) is 13.0 Å². The average Bonchev–Trinajstić information content (AvgIpc) is 3.26. The molecule has 0 aromatic carbocycles. The summed E-state index contributed by atoms with van der Waals surface area (Å²) in [5.41, 5.74) is 5.36. The summed E-state index contributed by atoms with van der Waals surface area (Å²) in [4.78, 5) is 33.6. The summed E-state index contributed by atoms with van der Waals surface area (Å²) in [6.07, 6.45) is 60.8. The third kappa shape index (κ3) is 46.9. The molecule has 4 N–H and O–H groups in total. The van der Waals surface area contributed by atoms with Crippen molar-refractivity contribution in [2.24, 2.45) is 5.73 Å². The molecule has 3 unspecified atom stereocenters. The van der Waals surface area contributed by atoms with Gasteiger partial charge in [0.25, 0.3) is 0 Å². The van der Waals surface area contributed by atoms with Crippen LogP contribution in [0.25, 0.3) is 0 Å². The van der Waals surface area contributed by atoms with Crippen molar-refractivity contribution >= 4 is 19.8 Å². The van der Waals surface area contributed by atoms with E-state index >= 15 is 0 Å². The van der Waals surface area contributed by atoms with Crippen LogP contribution >= 0.6 is 7.82 Å². The van der Waals surface area contributed by atoms with E-state index in [0.717, 1.165) is 57.8 Å². The Labute approximate surface area is 384 Å². The second kappa shape index (κ2) is 47.1. The normalized spacial score (nSPS) is 14.5. The quantitative estimate of drug-likeness (QED) is 0.0233. The zero-order valence-corrected chi connectivity index (χ0v) is 40.5. The summed E-state index contributed by atoms with van der Waals surface area (Å²) >= 11 is 0. The number of carbonyl (C=O) groups excluding carboxylic acids is 1. The molecular weight excluding hydrogens is 814 g/mol. The van der Waals surface area contributed by atoms with E-state index in [4.69, 9.17) is 29.4 Å². The van der Waals surface area contributed by atoms with E-state index in [1.54, 1.807) is 0 Å². The Balaban J connectivity index is 4.22. The Bertz CT molecular complexity index is 1320. The second-order valence-electron chi connectivity index (χ2n) is 16.2. The monoisotopic (exact) mass is 904 g/mol. The molecule has 0 rings (SSSR count). The molecule has 0 saturated carbocycles. The minimum absolute atomic E-state index is 0.0111. The number of aliphatic carboxylic acids is 1. The molecule has 0 spiro atoms. The van der Waals surface area contributed by atoms with Gasteiger partial charge in [-0.1, -0.05) is 189 Å². The van der Waals surface area contributed by atoms with Crippen LogP contribution in [0, 0.1) is 0 Å². The van der Waals surface area contributed by atoms with E-state index in [0.29, 0.717) is 19.4 Å². The number of carbonyl (C=O) groups is 2. The highest BCUT2D eigenvalue weighted by Crippen LogP contribution is 2.43. The highest BCUT2D eigenvalue weighted by Gasteiger charge is 2.27. The zero-order chi connectivity index (χ0) is 46.2. The summed E-state index contributed by atoms with van der Waals surface area (Å²) in [7, 11) is -4.64. The van der Waals surface area contributed by atoms with Crippen molar-refractivity contribution in [3.8, 4) is 0 Å². The van der Waals surface area contributed by atoms with Crippen LogP contribution in [-0.4, -0.2) is 60.5 Å². The number of carboxylic acid groups (broad SMARTS) is 1. The van der Waals surface area contributed by atoms with E-state index in [2.05, 4.69) is 92.8 Å². The first-order chi connectivity index (χ1) is 30.7. The molecule has 0 heterocycles. The molecule has 0 saturated heterocycles. The predicted octanol–water partition coefficient (Wildman–Crippen LogP) is 14.3. The number of hydrogen-bond donors (Lipinski definition) is 3. The van der Waals surface area contributed by atoms with Crippen LogP contribution in [0.3, 0.4) is 0 Å². The predicted molar refractivity (Wildman–Crippen MR) is 263 cm³/mol. The SMILES string of the molecule is CC/C=C\C/C=C\C/C=C\C/C=C\C/C=C\CCCC(=O)OC(COCCCCCCCCCCCCCC/C=C\C/C=C\CCCCCCC)COP(=O)(O)OCC(N)C(=O)O. The van der Waals surface area contributed by atoms with Gasteiger partial charge in [0.05, 0.1) is 19.8 Å². The largest absolute Gasteiger partial charge is 0.480 e. The number of allylic oxidation sites excluding steroid dienone is 14. The van der Waals surface area contributed by atoms with Crippen molar-refractivity contribution in [3.63, 3.8) is 0 Å². The molecule has 0 aromatic heterocycles. The van der Waals surface area contributed by atoms with Crippen LogP contribution in [-0.2, 0) is 32.7 Å². The van der Waals surface area contributed by atoms with Crippen LogP contribution in [0.15, 0.2) is 85.1 Å². The molecule has 11 heteroatoms. The van der Waals surface area contributed by atoms with Crippen molar-refractivity contribution in [1.82, 2.24) is 0 Å². The van der Waals surface area contributed by atoms with Crippen molar-refractivity contribution in [1.29, 1.82) is 0 Å². The Morgan fingerprint density at radius 3 is 1.38 bits per heavy atom. The van der Waals surface area contributed by atoms with Gasteiger partial charge < -0.3 is 25.2 Å². The second-order valence-corrected chi connectivity index (χ2v) is 17.7. The first-order valence-corrected chi connectivity index (χ1v) is 26.1. The lowest BCUT2D eigenvalue weighted by Crippen LogP contribution is -2.34. The van der Waals surface area contributed by atoms with E-state index in [-0.39, 0.29) is 13.0 Å².